The van der Waals surface area contributed by atoms with Gasteiger partial charge in [-0.25, -0.2) is 9.69 Å². The Morgan fingerprint density at radius 1 is 0.842 bits per heavy atom. The van der Waals surface area contributed by atoms with Crippen molar-refractivity contribution in [1.82, 2.24) is 5.32 Å². The molecule has 1 fully saturated rings. The summed E-state index contributed by atoms with van der Waals surface area (Å²) in [6.07, 6.45) is 2.35. The number of nitrogens with one attached hydrogen (secondary N) is 1. The number of fused-ring (bicyclic) bond motifs is 1. The predicted octanol–water partition coefficient (Wildman–Crippen LogP) is 6.26. The summed E-state index contributed by atoms with van der Waals surface area (Å²) in [7, 11) is 0. The second-order valence-corrected chi connectivity index (χ2v) is 9.38. The fourth-order valence-corrected chi connectivity index (χ4v) is 4.52. The summed E-state index contributed by atoms with van der Waals surface area (Å²) in [4.78, 5) is 40.1. The number of carbonyl (C=O) groups is 3. The lowest BCUT2D eigenvalue weighted by Crippen LogP contribution is -2.54. The highest BCUT2D eigenvalue weighted by molar-refractivity contribution is 6.39. The Morgan fingerprint density at radius 3 is 2.32 bits per heavy atom. The summed E-state index contributed by atoms with van der Waals surface area (Å²) in [5, 5.41) is 4.07. The molecule has 0 radical (unpaired) electrons. The van der Waals surface area contributed by atoms with Crippen LogP contribution in [0, 0.1) is 13.8 Å². The molecule has 0 aromatic heterocycles. The highest BCUT2D eigenvalue weighted by Gasteiger charge is 2.37. The molecule has 6 heteroatoms. The minimum absolute atomic E-state index is 0.142. The molecule has 1 aliphatic rings. The number of benzene rings is 4. The van der Waals surface area contributed by atoms with Crippen molar-refractivity contribution in [3.8, 4) is 5.75 Å². The number of nitrogens with zero attached hydrogens (tertiary/aromatic N) is 1. The van der Waals surface area contributed by atoms with Gasteiger partial charge in [-0.3, -0.25) is 14.9 Å². The van der Waals surface area contributed by atoms with E-state index in [0.717, 1.165) is 33.2 Å². The number of rotatable bonds is 6. The first-order valence-corrected chi connectivity index (χ1v) is 12.6. The van der Waals surface area contributed by atoms with E-state index in [2.05, 4.69) is 31.3 Å². The third-order valence-corrected chi connectivity index (χ3v) is 6.89. The van der Waals surface area contributed by atoms with Crippen molar-refractivity contribution in [3.05, 3.63) is 112 Å². The molecule has 5 rings (SSSR count). The standard InChI is InChI=1S/C32H28N2O4/c1-4-22-11-14-25(15-12-22)34-31(36)28(30(35)33-32(34)37)18-27-26-8-6-5-7-24(26)13-16-29(27)38-19-23-10-9-20(2)21(3)17-23/h5-18H,4,19H2,1-3H3,(H,33,35,37)/b28-18+. The van der Waals surface area contributed by atoms with Gasteiger partial charge in [-0.05, 0) is 77.6 Å². The zero-order valence-electron chi connectivity index (χ0n) is 21.6. The van der Waals surface area contributed by atoms with Crippen LogP contribution in [0.1, 0.15) is 34.7 Å². The molecule has 190 valence electrons. The Kier molecular flexibility index (Phi) is 6.79. The molecule has 4 aromatic carbocycles. The molecule has 1 aliphatic heterocycles. The molecular weight excluding hydrogens is 476 g/mol. The highest BCUT2D eigenvalue weighted by atomic mass is 16.5. The monoisotopic (exact) mass is 504 g/mol. The maximum absolute atomic E-state index is 13.5. The number of aryl methyl sites for hydroxylation is 3. The predicted molar refractivity (Wildman–Crippen MR) is 149 cm³/mol. The second-order valence-electron chi connectivity index (χ2n) is 9.38. The maximum atomic E-state index is 13.5. The maximum Gasteiger partial charge on any atom is 0.335 e. The molecule has 38 heavy (non-hydrogen) atoms. The first-order chi connectivity index (χ1) is 18.4. The van der Waals surface area contributed by atoms with E-state index in [-0.39, 0.29) is 5.57 Å². The summed E-state index contributed by atoms with van der Waals surface area (Å²) in [5.41, 5.74) is 5.32. The zero-order valence-corrected chi connectivity index (χ0v) is 21.6. The quantitative estimate of drug-likeness (QED) is 0.248. The van der Waals surface area contributed by atoms with Crippen molar-refractivity contribution in [2.24, 2.45) is 0 Å². The van der Waals surface area contributed by atoms with Gasteiger partial charge < -0.3 is 4.74 Å². The molecule has 0 spiro atoms. The molecule has 1 heterocycles. The van der Waals surface area contributed by atoms with Crippen LogP contribution in [0.15, 0.2) is 84.4 Å². The number of ether oxygens (including phenoxy) is 1. The van der Waals surface area contributed by atoms with Gasteiger partial charge in [0.2, 0.25) is 0 Å². The van der Waals surface area contributed by atoms with Crippen LogP contribution < -0.4 is 15.0 Å². The van der Waals surface area contributed by atoms with Gasteiger partial charge in [-0.2, -0.15) is 0 Å². The largest absolute Gasteiger partial charge is 0.488 e. The van der Waals surface area contributed by atoms with Crippen molar-refractivity contribution in [3.63, 3.8) is 0 Å². The number of barbiturate groups is 1. The minimum Gasteiger partial charge on any atom is -0.488 e. The van der Waals surface area contributed by atoms with Crippen molar-refractivity contribution in [2.45, 2.75) is 33.8 Å². The molecule has 0 unspecified atom stereocenters. The number of urea groups is 1. The van der Waals surface area contributed by atoms with E-state index in [1.165, 1.54) is 17.2 Å². The van der Waals surface area contributed by atoms with Gasteiger partial charge in [0, 0.05) is 5.56 Å². The van der Waals surface area contributed by atoms with Crippen molar-refractivity contribution in [2.75, 3.05) is 4.90 Å². The SMILES string of the molecule is CCc1ccc(N2C(=O)NC(=O)/C(=C\c3c(OCc4ccc(C)c(C)c4)ccc4ccccc34)C2=O)cc1. The van der Waals surface area contributed by atoms with Crippen LogP contribution in [-0.2, 0) is 22.6 Å². The lowest BCUT2D eigenvalue weighted by molar-refractivity contribution is -0.122. The lowest BCUT2D eigenvalue weighted by atomic mass is 9.99. The summed E-state index contributed by atoms with van der Waals surface area (Å²) in [6.45, 7) is 6.47. The van der Waals surface area contributed by atoms with Crippen LogP contribution in [0.2, 0.25) is 0 Å². The number of anilines is 1. The fourth-order valence-electron chi connectivity index (χ4n) is 4.52. The fraction of sp³-hybridized carbons (Fsp3) is 0.156. The Balaban J connectivity index is 1.56. The van der Waals surface area contributed by atoms with Gasteiger partial charge in [0.25, 0.3) is 11.8 Å². The molecule has 0 atom stereocenters. The molecule has 4 amide bonds. The van der Waals surface area contributed by atoms with Gasteiger partial charge in [-0.1, -0.05) is 67.6 Å². The highest BCUT2D eigenvalue weighted by Crippen LogP contribution is 2.32. The van der Waals surface area contributed by atoms with Crippen molar-refractivity contribution in [1.29, 1.82) is 0 Å². The molecule has 1 N–H and O–H groups in total. The Bertz CT molecular complexity index is 1600. The molecule has 4 aromatic rings. The van der Waals surface area contributed by atoms with E-state index in [1.54, 1.807) is 12.1 Å². The summed E-state index contributed by atoms with van der Waals surface area (Å²) < 4.78 is 6.23. The van der Waals surface area contributed by atoms with E-state index in [9.17, 15) is 14.4 Å². The second kappa shape index (κ2) is 10.3. The van der Waals surface area contributed by atoms with Crippen LogP contribution >= 0.6 is 0 Å². The number of amides is 4. The van der Waals surface area contributed by atoms with Gasteiger partial charge >= 0.3 is 6.03 Å². The third kappa shape index (κ3) is 4.81. The molecule has 0 aliphatic carbocycles. The minimum atomic E-state index is -0.773. The first-order valence-electron chi connectivity index (χ1n) is 12.6. The van der Waals surface area contributed by atoms with Gasteiger partial charge in [0.05, 0.1) is 5.69 Å². The van der Waals surface area contributed by atoms with Crippen LogP contribution in [-0.4, -0.2) is 17.8 Å². The average Bonchev–Trinajstić information content (AvgIpc) is 2.92. The number of carbonyl (C=O) groups excluding carboxylic acids is 3. The van der Waals surface area contributed by atoms with E-state index < -0.39 is 17.8 Å². The molecule has 0 bridgehead atoms. The number of imide groups is 2. The van der Waals surface area contributed by atoms with E-state index in [1.807, 2.05) is 61.5 Å². The van der Waals surface area contributed by atoms with E-state index >= 15 is 0 Å². The Labute approximate surface area is 221 Å². The molecule has 1 saturated heterocycles. The van der Waals surface area contributed by atoms with Crippen molar-refractivity contribution < 1.29 is 19.1 Å². The van der Waals surface area contributed by atoms with Gasteiger partial charge in [-0.15, -0.1) is 0 Å². The summed E-state index contributed by atoms with van der Waals surface area (Å²) in [6, 6.07) is 24.0. The van der Waals surface area contributed by atoms with Crippen molar-refractivity contribution >= 4 is 40.4 Å². The normalized spacial score (nSPS) is 14.8. The van der Waals surface area contributed by atoms with Crippen LogP contribution in [0.5, 0.6) is 5.75 Å². The summed E-state index contributed by atoms with van der Waals surface area (Å²) >= 11 is 0. The smallest absolute Gasteiger partial charge is 0.335 e. The average molecular weight is 505 g/mol. The van der Waals surface area contributed by atoms with E-state index in [4.69, 9.17) is 4.74 Å². The topological polar surface area (TPSA) is 75.7 Å². The molecule has 0 saturated carbocycles. The Morgan fingerprint density at radius 2 is 1.58 bits per heavy atom. The Hall–Kier alpha value is -4.71. The first kappa shape index (κ1) is 25.0. The third-order valence-electron chi connectivity index (χ3n) is 6.89. The van der Waals surface area contributed by atoms with Crippen LogP contribution in [0.3, 0.4) is 0 Å². The summed E-state index contributed by atoms with van der Waals surface area (Å²) in [5.74, 6) is -0.892. The number of hydrogen-bond acceptors (Lipinski definition) is 4. The zero-order chi connectivity index (χ0) is 26.8. The molecular formula is C32H28N2O4. The van der Waals surface area contributed by atoms with E-state index in [0.29, 0.717) is 23.6 Å². The van der Waals surface area contributed by atoms with Crippen LogP contribution in [0.25, 0.3) is 16.8 Å². The van der Waals surface area contributed by atoms with Gasteiger partial charge in [0.1, 0.15) is 17.9 Å². The number of hydrogen-bond donors (Lipinski definition) is 1. The van der Waals surface area contributed by atoms with Gasteiger partial charge in [0.15, 0.2) is 0 Å². The molecule has 6 nitrogen and oxygen atoms in total. The lowest BCUT2D eigenvalue weighted by Gasteiger charge is -2.26. The van der Waals surface area contributed by atoms with Crippen LogP contribution in [0.4, 0.5) is 10.5 Å².